The number of ether oxygens (including phenoxy) is 3. The van der Waals surface area contributed by atoms with Crippen LogP contribution in [0.25, 0.3) is 0 Å². The molecule has 0 saturated carbocycles. The van der Waals surface area contributed by atoms with E-state index in [0.29, 0.717) is 5.75 Å². The summed E-state index contributed by atoms with van der Waals surface area (Å²) in [6, 6.07) is 5.39. The van der Waals surface area contributed by atoms with Gasteiger partial charge in [0.15, 0.2) is 5.57 Å². The minimum absolute atomic E-state index is 0.0107. The molecule has 9 heteroatoms. The molecule has 0 amide bonds. The molecule has 23 heavy (non-hydrogen) atoms. The molecule has 0 spiro atoms. The van der Waals surface area contributed by atoms with Gasteiger partial charge in [-0.2, -0.15) is 13.2 Å². The molecule has 0 aromatic heterocycles. The number of carbonyl (C=O) groups is 2. The van der Waals surface area contributed by atoms with Gasteiger partial charge in [0.1, 0.15) is 11.4 Å². The van der Waals surface area contributed by atoms with E-state index in [2.05, 4.69) is 9.47 Å². The van der Waals surface area contributed by atoms with Crippen LogP contribution in [0.2, 0.25) is 0 Å². The van der Waals surface area contributed by atoms with Gasteiger partial charge in [0.25, 0.3) is 0 Å². The smallest absolute Gasteiger partial charge is 0.432 e. The first-order valence-corrected chi connectivity index (χ1v) is 6.13. The number of esters is 2. The lowest BCUT2D eigenvalue weighted by molar-refractivity contribution is -0.146. The largest absolute Gasteiger partial charge is 0.497 e. The van der Waals surface area contributed by atoms with Crippen molar-refractivity contribution in [2.24, 2.45) is 0 Å². The lowest BCUT2D eigenvalue weighted by atomic mass is 10.1. The van der Waals surface area contributed by atoms with Crippen LogP contribution in [-0.2, 0) is 19.1 Å². The fraction of sp³-hybridized carbons (Fsp3) is 0.286. The third-order valence-corrected chi connectivity index (χ3v) is 2.67. The Balaban J connectivity index is 3.37. The SMILES string of the molecule is COC(=O)C(C(=O)OC)=C(Nc1ccc(OC)cc1)C(F)(F)F. The van der Waals surface area contributed by atoms with Gasteiger partial charge < -0.3 is 19.5 Å². The van der Waals surface area contributed by atoms with Crippen LogP contribution in [0.3, 0.4) is 0 Å². The molecule has 0 radical (unpaired) electrons. The van der Waals surface area contributed by atoms with Crippen LogP contribution in [0.4, 0.5) is 18.9 Å². The molecule has 0 bridgehead atoms. The van der Waals surface area contributed by atoms with Crippen molar-refractivity contribution in [1.82, 2.24) is 0 Å². The third-order valence-electron chi connectivity index (χ3n) is 2.67. The van der Waals surface area contributed by atoms with Crippen molar-refractivity contribution in [3.63, 3.8) is 0 Å². The summed E-state index contributed by atoms with van der Waals surface area (Å²) in [4.78, 5) is 23.1. The minimum atomic E-state index is -5.02. The van der Waals surface area contributed by atoms with Crippen LogP contribution in [0, 0.1) is 0 Å². The van der Waals surface area contributed by atoms with Gasteiger partial charge in [0.2, 0.25) is 0 Å². The van der Waals surface area contributed by atoms with Crippen molar-refractivity contribution in [1.29, 1.82) is 0 Å². The van der Waals surface area contributed by atoms with Crippen LogP contribution in [0.1, 0.15) is 0 Å². The van der Waals surface area contributed by atoms with Crippen LogP contribution >= 0.6 is 0 Å². The summed E-state index contributed by atoms with van der Waals surface area (Å²) in [6.45, 7) is 0. The van der Waals surface area contributed by atoms with Crippen molar-refractivity contribution in [2.75, 3.05) is 26.6 Å². The van der Waals surface area contributed by atoms with E-state index in [1.165, 1.54) is 31.4 Å². The molecular formula is C14H14F3NO5. The average molecular weight is 333 g/mol. The summed E-state index contributed by atoms with van der Waals surface area (Å²) in [5.74, 6) is -2.51. The second-order valence-electron chi connectivity index (χ2n) is 4.08. The maximum Gasteiger partial charge on any atom is 0.432 e. The maximum atomic E-state index is 13.2. The number of nitrogens with one attached hydrogen (secondary N) is 1. The van der Waals surface area contributed by atoms with Crippen LogP contribution in [0.15, 0.2) is 35.5 Å². The number of anilines is 1. The Labute approximate surface area is 129 Å². The minimum Gasteiger partial charge on any atom is -0.497 e. The fourth-order valence-corrected chi connectivity index (χ4v) is 1.59. The zero-order chi connectivity index (χ0) is 17.6. The van der Waals surface area contributed by atoms with Crippen molar-refractivity contribution in [2.45, 2.75) is 6.18 Å². The van der Waals surface area contributed by atoms with Gasteiger partial charge in [-0.1, -0.05) is 0 Å². The Morgan fingerprint density at radius 2 is 1.43 bits per heavy atom. The van der Waals surface area contributed by atoms with Crippen LogP contribution < -0.4 is 10.1 Å². The molecule has 126 valence electrons. The molecule has 1 aromatic carbocycles. The van der Waals surface area contributed by atoms with E-state index in [4.69, 9.17) is 4.74 Å². The number of carbonyl (C=O) groups excluding carboxylic acids is 2. The van der Waals surface area contributed by atoms with Gasteiger partial charge >= 0.3 is 18.1 Å². The molecule has 1 N–H and O–H groups in total. The predicted octanol–water partition coefficient (Wildman–Crippen LogP) is 2.27. The van der Waals surface area contributed by atoms with Crippen molar-refractivity contribution in [3.05, 3.63) is 35.5 Å². The van der Waals surface area contributed by atoms with Gasteiger partial charge in [0, 0.05) is 5.69 Å². The highest BCUT2D eigenvalue weighted by molar-refractivity contribution is 6.15. The Bertz CT molecular complexity index is 590. The zero-order valence-electron chi connectivity index (χ0n) is 12.5. The summed E-state index contributed by atoms with van der Waals surface area (Å²) in [6.07, 6.45) is -5.02. The lowest BCUT2D eigenvalue weighted by Crippen LogP contribution is -2.29. The topological polar surface area (TPSA) is 73.9 Å². The van der Waals surface area contributed by atoms with E-state index in [1.807, 2.05) is 5.32 Å². The number of hydrogen-bond acceptors (Lipinski definition) is 6. The number of hydrogen-bond donors (Lipinski definition) is 1. The summed E-state index contributed by atoms with van der Waals surface area (Å²) >= 11 is 0. The van der Waals surface area contributed by atoms with E-state index in [9.17, 15) is 22.8 Å². The molecular weight excluding hydrogens is 319 g/mol. The lowest BCUT2D eigenvalue weighted by Gasteiger charge is -2.17. The van der Waals surface area contributed by atoms with Crippen molar-refractivity contribution < 1.29 is 37.0 Å². The van der Waals surface area contributed by atoms with E-state index in [0.717, 1.165) is 14.2 Å². The molecule has 1 rings (SSSR count). The Morgan fingerprint density at radius 3 is 1.78 bits per heavy atom. The highest BCUT2D eigenvalue weighted by Crippen LogP contribution is 2.31. The highest BCUT2D eigenvalue weighted by atomic mass is 19.4. The number of methoxy groups -OCH3 is 3. The second-order valence-corrected chi connectivity index (χ2v) is 4.08. The summed E-state index contributed by atoms with van der Waals surface area (Å²) in [5.41, 5.74) is -2.87. The van der Waals surface area contributed by atoms with E-state index < -0.39 is 29.4 Å². The van der Waals surface area contributed by atoms with Crippen LogP contribution in [0.5, 0.6) is 5.75 Å². The third kappa shape index (κ3) is 4.63. The van der Waals surface area contributed by atoms with Gasteiger partial charge in [-0.3, -0.25) is 0 Å². The van der Waals surface area contributed by atoms with Gasteiger partial charge in [0.05, 0.1) is 21.3 Å². The molecule has 6 nitrogen and oxygen atoms in total. The molecule has 0 aliphatic rings. The normalized spacial score (nSPS) is 10.5. The summed E-state index contributed by atoms with van der Waals surface area (Å²) < 4.78 is 53.0. The highest BCUT2D eigenvalue weighted by Gasteiger charge is 2.42. The van der Waals surface area contributed by atoms with Crippen molar-refractivity contribution in [3.8, 4) is 5.75 Å². The number of alkyl halides is 3. The zero-order valence-corrected chi connectivity index (χ0v) is 12.5. The Kier molecular flexibility index (Phi) is 6.00. The first-order chi connectivity index (χ1) is 10.7. The van der Waals surface area contributed by atoms with E-state index in [-0.39, 0.29) is 5.69 Å². The summed E-state index contributed by atoms with van der Waals surface area (Å²) in [7, 11) is 3.11. The predicted molar refractivity (Wildman–Crippen MR) is 73.7 cm³/mol. The number of rotatable bonds is 5. The van der Waals surface area contributed by atoms with E-state index >= 15 is 0 Å². The Morgan fingerprint density at radius 1 is 0.957 bits per heavy atom. The number of allylic oxidation sites excluding steroid dienone is 1. The molecule has 0 atom stereocenters. The van der Waals surface area contributed by atoms with Crippen molar-refractivity contribution >= 4 is 17.6 Å². The molecule has 0 aliphatic heterocycles. The van der Waals surface area contributed by atoms with Crippen LogP contribution in [-0.4, -0.2) is 39.4 Å². The summed E-state index contributed by atoms with van der Waals surface area (Å²) in [5, 5.41) is 2.00. The number of halogens is 3. The molecule has 1 aromatic rings. The standard InChI is InChI=1S/C14H14F3NO5/c1-21-9-6-4-8(5-7-9)18-11(14(15,16)17)10(12(19)22-2)13(20)23-3/h4-7,18H,1-3H3. The average Bonchev–Trinajstić information content (AvgIpc) is 2.53. The van der Waals surface area contributed by atoms with E-state index in [1.54, 1.807) is 0 Å². The second kappa shape index (κ2) is 7.52. The molecule has 0 unspecified atom stereocenters. The number of benzene rings is 1. The molecule has 0 saturated heterocycles. The van der Waals surface area contributed by atoms with Gasteiger partial charge in [-0.15, -0.1) is 0 Å². The fourth-order valence-electron chi connectivity index (χ4n) is 1.59. The molecule has 0 fully saturated rings. The molecule has 0 aliphatic carbocycles. The molecule has 0 heterocycles. The maximum absolute atomic E-state index is 13.2. The Hall–Kier alpha value is -2.71. The first kappa shape index (κ1) is 18.3. The monoisotopic (exact) mass is 333 g/mol. The van der Waals surface area contributed by atoms with Gasteiger partial charge in [-0.05, 0) is 24.3 Å². The van der Waals surface area contributed by atoms with Gasteiger partial charge in [-0.25, -0.2) is 9.59 Å². The first-order valence-electron chi connectivity index (χ1n) is 6.13. The quantitative estimate of drug-likeness (QED) is 0.386.